The summed E-state index contributed by atoms with van der Waals surface area (Å²) < 4.78 is 54.6. The van der Waals surface area contributed by atoms with Crippen molar-refractivity contribution in [1.29, 1.82) is 0 Å². The standard InChI is InChI=1S/C13H15F4NO/c14-11-3-1-2-9(8-18-10-4-5-10)12(11)19-7-6-13(15,16)17/h1-3,10,18H,4-8H2. The number of ether oxygens (including phenoxy) is 1. The topological polar surface area (TPSA) is 21.3 Å². The maximum atomic E-state index is 13.6. The van der Waals surface area contributed by atoms with Crippen LogP contribution in [0.15, 0.2) is 18.2 Å². The van der Waals surface area contributed by atoms with E-state index in [0.29, 0.717) is 18.2 Å². The largest absolute Gasteiger partial charge is 0.490 e. The van der Waals surface area contributed by atoms with Crippen molar-refractivity contribution < 1.29 is 22.3 Å². The molecule has 0 amide bonds. The van der Waals surface area contributed by atoms with E-state index in [1.54, 1.807) is 6.07 Å². The summed E-state index contributed by atoms with van der Waals surface area (Å²) in [5.74, 6) is -0.711. The highest BCUT2D eigenvalue weighted by atomic mass is 19.4. The Morgan fingerprint density at radius 2 is 2.00 bits per heavy atom. The fraction of sp³-hybridized carbons (Fsp3) is 0.538. The van der Waals surface area contributed by atoms with E-state index in [0.717, 1.165) is 12.8 Å². The van der Waals surface area contributed by atoms with Crippen molar-refractivity contribution in [3.63, 3.8) is 0 Å². The Balaban J connectivity index is 1.95. The van der Waals surface area contributed by atoms with Crippen molar-refractivity contribution in [3.8, 4) is 5.75 Å². The molecule has 1 fully saturated rings. The number of alkyl halides is 3. The Morgan fingerprint density at radius 3 is 2.63 bits per heavy atom. The van der Waals surface area contributed by atoms with Crippen LogP contribution in [0.5, 0.6) is 5.75 Å². The summed E-state index contributed by atoms with van der Waals surface area (Å²) in [5, 5.41) is 3.18. The molecule has 0 atom stereocenters. The van der Waals surface area contributed by atoms with Crippen LogP contribution in [0.4, 0.5) is 17.6 Å². The van der Waals surface area contributed by atoms with Crippen molar-refractivity contribution in [2.24, 2.45) is 0 Å². The molecule has 1 aliphatic carbocycles. The molecule has 1 aromatic rings. The molecule has 0 aromatic heterocycles. The molecule has 0 heterocycles. The number of rotatable bonds is 6. The molecular weight excluding hydrogens is 262 g/mol. The zero-order chi connectivity index (χ0) is 13.9. The van der Waals surface area contributed by atoms with Gasteiger partial charge in [0.15, 0.2) is 11.6 Å². The van der Waals surface area contributed by atoms with E-state index in [9.17, 15) is 17.6 Å². The van der Waals surface area contributed by atoms with Gasteiger partial charge in [-0.05, 0) is 18.9 Å². The van der Waals surface area contributed by atoms with Gasteiger partial charge < -0.3 is 10.1 Å². The smallest absolute Gasteiger partial charge is 0.392 e. The fourth-order valence-electron chi connectivity index (χ4n) is 1.66. The van der Waals surface area contributed by atoms with Crippen molar-refractivity contribution >= 4 is 0 Å². The number of hydrogen-bond acceptors (Lipinski definition) is 2. The molecule has 106 valence electrons. The molecule has 19 heavy (non-hydrogen) atoms. The number of hydrogen-bond donors (Lipinski definition) is 1. The second-order valence-corrected chi connectivity index (χ2v) is 4.60. The van der Waals surface area contributed by atoms with E-state index >= 15 is 0 Å². The summed E-state index contributed by atoms with van der Waals surface area (Å²) >= 11 is 0. The number of para-hydroxylation sites is 1. The second kappa shape index (κ2) is 5.77. The third-order valence-electron chi connectivity index (χ3n) is 2.84. The van der Waals surface area contributed by atoms with Crippen molar-refractivity contribution in [2.75, 3.05) is 6.61 Å². The minimum Gasteiger partial charge on any atom is -0.490 e. The molecule has 1 aliphatic rings. The predicted molar refractivity (Wildman–Crippen MR) is 62.4 cm³/mol. The zero-order valence-corrected chi connectivity index (χ0v) is 10.3. The lowest BCUT2D eigenvalue weighted by Gasteiger charge is -2.13. The molecular formula is C13H15F4NO. The van der Waals surface area contributed by atoms with Crippen LogP contribution in [0.25, 0.3) is 0 Å². The Labute approximate surface area is 108 Å². The van der Waals surface area contributed by atoms with Gasteiger partial charge in [-0.3, -0.25) is 0 Å². The van der Waals surface area contributed by atoms with Crippen LogP contribution < -0.4 is 10.1 Å². The minimum atomic E-state index is -4.29. The summed E-state index contributed by atoms with van der Waals surface area (Å²) in [6.07, 6.45) is -3.21. The van der Waals surface area contributed by atoms with Crippen LogP contribution in [0.1, 0.15) is 24.8 Å². The van der Waals surface area contributed by atoms with E-state index in [4.69, 9.17) is 4.74 Å². The first-order valence-electron chi connectivity index (χ1n) is 6.16. The molecule has 1 aromatic carbocycles. The van der Waals surface area contributed by atoms with Crippen LogP contribution in [0.2, 0.25) is 0 Å². The van der Waals surface area contributed by atoms with Gasteiger partial charge in [-0.25, -0.2) is 4.39 Å². The molecule has 0 saturated heterocycles. The fourth-order valence-corrected chi connectivity index (χ4v) is 1.66. The lowest BCUT2D eigenvalue weighted by molar-refractivity contribution is -0.139. The number of halogens is 4. The highest BCUT2D eigenvalue weighted by Crippen LogP contribution is 2.26. The summed E-state index contributed by atoms with van der Waals surface area (Å²) in [5.41, 5.74) is 0.550. The van der Waals surface area contributed by atoms with Gasteiger partial charge in [-0.15, -0.1) is 0 Å². The first-order chi connectivity index (χ1) is 8.96. The molecule has 0 bridgehead atoms. The first-order valence-corrected chi connectivity index (χ1v) is 6.16. The molecule has 2 rings (SSSR count). The number of benzene rings is 1. The minimum absolute atomic E-state index is 0.0834. The molecule has 0 radical (unpaired) electrons. The molecule has 1 saturated carbocycles. The van der Waals surface area contributed by atoms with Crippen molar-refractivity contribution in [2.45, 2.75) is 38.0 Å². The third-order valence-corrected chi connectivity index (χ3v) is 2.84. The predicted octanol–water partition coefficient (Wildman–Crippen LogP) is 3.41. The highest BCUT2D eigenvalue weighted by molar-refractivity contribution is 5.35. The van der Waals surface area contributed by atoms with Gasteiger partial charge in [0.2, 0.25) is 0 Å². The van der Waals surface area contributed by atoms with Crippen LogP contribution in [0.3, 0.4) is 0 Å². The van der Waals surface area contributed by atoms with Gasteiger partial charge in [0, 0.05) is 18.2 Å². The van der Waals surface area contributed by atoms with E-state index in [1.807, 2.05) is 0 Å². The molecule has 0 unspecified atom stereocenters. The zero-order valence-electron chi connectivity index (χ0n) is 10.3. The normalized spacial score (nSPS) is 15.6. The number of nitrogens with one attached hydrogen (secondary N) is 1. The van der Waals surface area contributed by atoms with E-state index in [1.165, 1.54) is 12.1 Å². The SMILES string of the molecule is Fc1cccc(CNC2CC2)c1OCCC(F)(F)F. The van der Waals surface area contributed by atoms with Gasteiger partial charge in [-0.1, -0.05) is 12.1 Å². The summed E-state index contributed by atoms with van der Waals surface area (Å²) in [4.78, 5) is 0. The van der Waals surface area contributed by atoms with Gasteiger partial charge in [0.1, 0.15) is 0 Å². The monoisotopic (exact) mass is 277 g/mol. The maximum Gasteiger partial charge on any atom is 0.392 e. The van der Waals surface area contributed by atoms with E-state index in [-0.39, 0.29) is 5.75 Å². The Bertz CT molecular complexity index is 429. The third kappa shape index (κ3) is 4.70. The average Bonchev–Trinajstić information content (AvgIpc) is 3.11. The molecule has 2 nitrogen and oxygen atoms in total. The quantitative estimate of drug-likeness (QED) is 0.805. The Morgan fingerprint density at radius 1 is 1.26 bits per heavy atom. The van der Waals surface area contributed by atoms with Gasteiger partial charge in [0.25, 0.3) is 0 Å². The Hall–Kier alpha value is -1.30. The van der Waals surface area contributed by atoms with E-state index in [2.05, 4.69) is 5.32 Å². The van der Waals surface area contributed by atoms with E-state index < -0.39 is 25.0 Å². The molecule has 0 spiro atoms. The lowest BCUT2D eigenvalue weighted by atomic mass is 10.2. The summed E-state index contributed by atoms with van der Waals surface area (Å²) in [6, 6.07) is 4.80. The second-order valence-electron chi connectivity index (χ2n) is 4.60. The average molecular weight is 277 g/mol. The summed E-state index contributed by atoms with van der Waals surface area (Å²) in [7, 11) is 0. The Kier molecular flexibility index (Phi) is 4.29. The van der Waals surface area contributed by atoms with Gasteiger partial charge >= 0.3 is 6.18 Å². The van der Waals surface area contributed by atoms with Crippen LogP contribution >= 0.6 is 0 Å². The van der Waals surface area contributed by atoms with Crippen LogP contribution in [-0.4, -0.2) is 18.8 Å². The van der Waals surface area contributed by atoms with Gasteiger partial charge in [0.05, 0.1) is 13.0 Å². The first kappa shape index (κ1) is 14.1. The van der Waals surface area contributed by atoms with Crippen LogP contribution in [0, 0.1) is 5.82 Å². The van der Waals surface area contributed by atoms with Gasteiger partial charge in [-0.2, -0.15) is 13.2 Å². The summed E-state index contributed by atoms with van der Waals surface area (Å²) in [6.45, 7) is -0.162. The van der Waals surface area contributed by atoms with Crippen LogP contribution in [-0.2, 0) is 6.54 Å². The van der Waals surface area contributed by atoms with Crippen molar-refractivity contribution in [3.05, 3.63) is 29.6 Å². The molecule has 0 aliphatic heterocycles. The molecule has 6 heteroatoms. The maximum absolute atomic E-state index is 13.6. The lowest BCUT2D eigenvalue weighted by Crippen LogP contribution is -2.18. The molecule has 1 N–H and O–H groups in total. The highest BCUT2D eigenvalue weighted by Gasteiger charge is 2.27. The van der Waals surface area contributed by atoms with Crippen molar-refractivity contribution in [1.82, 2.24) is 5.32 Å².